The second kappa shape index (κ2) is 7.69. The fraction of sp³-hybridized carbons (Fsp3) is 0.600. The molecule has 0 bridgehead atoms. The maximum absolute atomic E-state index is 11.1. The molecule has 1 aromatic rings. The molecule has 11 heteroatoms. The van der Waals surface area contributed by atoms with Crippen molar-refractivity contribution in [3.63, 3.8) is 0 Å². The summed E-state index contributed by atoms with van der Waals surface area (Å²) in [4.78, 5) is 18.2. The maximum Gasteiger partial charge on any atom is 0.353 e. The highest BCUT2D eigenvalue weighted by atomic mass is 32.2. The number of hydrogen-bond acceptors (Lipinski definition) is 8. The van der Waals surface area contributed by atoms with Crippen molar-refractivity contribution in [1.82, 2.24) is 14.7 Å². The quantitative estimate of drug-likeness (QED) is 0.332. The number of nitro groups is 1. The lowest BCUT2D eigenvalue weighted by atomic mass is 10.4. The number of nitrogens with zero attached hydrogens (tertiary/aromatic N) is 3. The summed E-state index contributed by atoms with van der Waals surface area (Å²) in [6.45, 7) is 2.88. The first-order valence-electron chi connectivity index (χ1n) is 6.27. The Labute approximate surface area is 122 Å². The molecule has 0 aliphatic heterocycles. The van der Waals surface area contributed by atoms with E-state index in [1.54, 1.807) is 6.92 Å². The van der Waals surface area contributed by atoms with Gasteiger partial charge in [-0.25, -0.2) is 23.1 Å². The standard InChI is InChI=1S/C10H18N6O4S/c1-3-11-9-8(16(17)18)10(14-7-13-9)12-5-4-6-15-21(2,19)20/h7,15H,3-6H2,1-2H3,(H2,11,12,13,14). The van der Waals surface area contributed by atoms with Gasteiger partial charge in [-0.2, -0.15) is 0 Å². The van der Waals surface area contributed by atoms with E-state index in [4.69, 9.17) is 0 Å². The number of anilines is 2. The Morgan fingerprint density at radius 2 is 1.86 bits per heavy atom. The molecule has 21 heavy (non-hydrogen) atoms. The molecule has 0 aliphatic carbocycles. The number of rotatable bonds is 9. The molecule has 118 valence electrons. The molecule has 0 amide bonds. The van der Waals surface area contributed by atoms with Crippen LogP contribution >= 0.6 is 0 Å². The first-order valence-corrected chi connectivity index (χ1v) is 8.16. The average molecular weight is 318 g/mol. The van der Waals surface area contributed by atoms with Crippen LogP contribution in [0.1, 0.15) is 13.3 Å². The molecule has 0 saturated heterocycles. The van der Waals surface area contributed by atoms with Crippen LogP contribution in [-0.2, 0) is 10.0 Å². The van der Waals surface area contributed by atoms with Crippen LogP contribution in [0.5, 0.6) is 0 Å². The van der Waals surface area contributed by atoms with Crippen molar-refractivity contribution < 1.29 is 13.3 Å². The second-order valence-electron chi connectivity index (χ2n) is 4.15. The van der Waals surface area contributed by atoms with E-state index in [-0.39, 0.29) is 23.9 Å². The van der Waals surface area contributed by atoms with Crippen LogP contribution in [0.25, 0.3) is 0 Å². The predicted molar refractivity (Wildman–Crippen MR) is 78.8 cm³/mol. The van der Waals surface area contributed by atoms with Crippen molar-refractivity contribution in [1.29, 1.82) is 0 Å². The number of nitrogens with one attached hydrogen (secondary N) is 3. The van der Waals surface area contributed by atoms with Gasteiger partial charge in [-0.15, -0.1) is 0 Å². The van der Waals surface area contributed by atoms with E-state index in [0.717, 1.165) is 6.26 Å². The minimum Gasteiger partial charge on any atom is -0.364 e. The fourth-order valence-electron chi connectivity index (χ4n) is 1.53. The topological polar surface area (TPSA) is 139 Å². The van der Waals surface area contributed by atoms with E-state index in [9.17, 15) is 18.5 Å². The summed E-state index contributed by atoms with van der Waals surface area (Å²) in [6.07, 6.45) is 2.76. The third-order valence-electron chi connectivity index (χ3n) is 2.36. The van der Waals surface area contributed by atoms with Gasteiger partial charge in [0.25, 0.3) is 0 Å². The molecule has 0 atom stereocenters. The Balaban J connectivity index is 2.66. The molecular weight excluding hydrogens is 300 g/mol. The highest BCUT2D eigenvalue weighted by Crippen LogP contribution is 2.28. The highest BCUT2D eigenvalue weighted by molar-refractivity contribution is 7.88. The van der Waals surface area contributed by atoms with Gasteiger partial charge < -0.3 is 10.6 Å². The lowest BCUT2D eigenvalue weighted by Gasteiger charge is -2.09. The lowest BCUT2D eigenvalue weighted by molar-refractivity contribution is -0.383. The Morgan fingerprint density at radius 3 is 2.38 bits per heavy atom. The number of sulfonamides is 1. The van der Waals surface area contributed by atoms with E-state index in [2.05, 4.69) is 25.3 Å². The third-order valence-corrected chi connectivity index (χ3v) is 3.09. The molecule has 1 heterocycles. The van der Waals surface area contributed by atoms with Crippen LogP contribution in [-0.4, -0.2) is 49.2 Å². The van der Waals surface area contributed by atoms with Crippen LogP contribution in [0.2, 0.25) is 0 Å². The monoisotopic (exact) mass is 318 g/mol. The summed E-state index contributed by atoms with van der Waals surface area (Å²) in [7, 11) is -3.23. The van der Waals surface area contributed by atoms with Gasteiger partial charge in [-0.3, -0.25) is 10.1 Å². The highest BCUT2D eigenvalue weighted by Gasteiger charge is 2.22. The molecule has 0 radical (unpaired) electrons. The van der Waals surface area contributed by atoms with Crippen molar-refractivity contribution in [2.24, 2.45) is 0 Å². The molecule has 3 N–H and O–H groups in total. The first-order chi connectivity index (χ1) is 9.85. The van der Waals surface area contributed by atoms with Crippen molar-refractivity contribution in [2.45, 2.75) is 13.3 Å². The van der Waals surface area contributed by atoms with Gasteiger partial charge in [0.2, 0.25) is 21.7 Å². The average Bonchev–Trinajstić information content (AvgIpc) is 2.37. The smallest absolute Gasteiger partial charge is 0.353 e. The minimum atomic E-state index is -3.23. The van der Waals surface area contributed by atoms with Crippen LogP contribution in [0.3, 0.4) is 0 Å². The zero-order valence-electron chi connectivity index (χ0n) is 11.8. The molecule has 1 rings (SSSR count). The van der Waals surface area contributed by atoms with Gasteiger partial charge in [0, 0.05) is 19.6 Å². The normalized spacial score (nSPS) is 11.1. The van der Waals surface area contributed by atoms with Gasteiger partial charge in [-0.05, 0) is 13.3 Å². The summed E-state index contributed by atoms with van der Waals surface area (Å²) in [5.41, 5.74) is -0.226. The van der Waals surface area contributed by atoms with E-state index >= 15 is 0 Å². The zero-order chi connectivity index (χ0) is 15.9. The summed E-state index contributed by atoms with van der Waals surface area (Å²) >= 11 is 0. The van der Waals surface area contributed by atoms with Crippen molar-refractivity contribution in [3.05, 3.63) is 16.4 Å². The number of aromatic nitrogens is 2. The molecule has 0 spiro atoms. The Morgan fingerprint density at radius 1 is 1.24 bits per heavy atom. The Bertz CT molecular complexity index is 591. The second-order valence-corrected chi connectivity index (χ2v) is 5.99. The molecule has 1 aromatic heterocycles. The van der Waals surface area contributed by atoms with Crippen LogP contribution in [0.15, 0.2) is 6.33 Å². The Kier molecular flexibility index (Phi) is 6.24. The largest absolute Gasteiger partial charge is 0.364 e. The molecular formula is C10H18N6O4S. The number of hydrogen-bond donors (Lipinski definition) is 3. The summed E-state index contributed by atoms with van der Waals surface area (Å²) in [6, 6.07) is 0. The van der Waals surface area contributed by atoms with E-state index in [1.165, 1.54) is 6.33 Å². The van der Waals surface area contributed by atoms with Crippen LogP contribution in [0.4, 0.5) is 17.3 Å². The minimum absolute atomic E-state index is 0.102. The summed E-state index contributed by atoms with van der Waals surface area (Å²) < 4.78 is 24.1. The van der Waals surface area contributed by atoms with Gasteiger partial charge >= 0.3 is 5.69 Å². The summed E-state index contributed by atoms with van der Waals surface area (Å²) in [5, 5.41) is 16.7. The van der Waals surface area contributed by atoms with Gasteiger partial charge in [0.1, 0.15) is 6.33 Å². The SMILES string of the molecule is CCNc1ncnc(NCCCNS(C)(=O)=O)c1[N+](=O)[O-]. The lowest BCUT2D eigenvalue weighted by Crippen LogP contribution is -2.24. The van der Waals surface area contributed by atoms with Gasteiger partial charge in [0.05, 0.1) is 11.2 Å². The molecule has 0 unspecified atom stereocenters. The van der Waals surface area contributed by atoms with Gasteiger partial charge in [0.15, 0.2) is 0 Å². The van der Waals surface area contributed by atoms with E-state index < -0.39 is 14.9 Å². The van der Waals surface area contributed by atoms with Crippen molar-refractivity contribution in [2.75, 3.05) is 36.5 Å². The van der Waals surface area contributed by atoms with Gasteiger partial charge in [-0.1, -0.05) is 0 Å². The van der Waals surface area contributed by atoms with E-state index in [0.29, 0.717) is 19.5 Å². The third kappa shape index (κ3) is 5.87. The maximum atomic E-state index is 11.1. The molecule has 0 fully saturated rings. The predicted octanol–water partition coefficient (Wildman–Crippen LogP) is 0.168. The van der Waals surface area contributed by atoms with Crippen LogP contribution in [0, 0.1) is 10.1 Å². The Hall–Kier alpha value is -2.01. The molecule has 0 aromatic carbocycles. The van der Waals surface area contributed by atoms with Crippen LogP contribution < -0.4 is 15.4 Å². The molecule has 0 aliphatic rings. The summed E-state index contributed by atoms with van der Waals surface area (Å²) in [5.74, 6) is 0.250. The zero-order valence-corrected chi connectivity index (χ0v) is 12.6. The van der Waals surface area contributed by atoms with Crippen molar-refractivity contribution >= 4 is 27.3 Å². The fourth-order valence-corrected chi connectivity index (χ4v) is 2.05. The first kappa shape index (κ1) is 17.0. The van der Waals surface area contributed by atoms with E-state index in [1.807, 2.05) is 0 Å². The van der Waals surface area contributed by atoms with Crippen molar-refractivity contribution in [3.8, 4) is 0 Å². The molecule has 0 saturated carbocycles. The molecule has 10 nitrogen and oxygen atoms in total.